The van der Waals surface area contributed by atoms with E-state index in [2.05, 4.69) is 23.3 Å². The van der Waals surface area contributed by atoms with Crippen molar-refractivity contribution in [2.45, 2.75) is 59.2 Å². The number of likely N-dealkylation sites (N-methyl/N-ethyl adjacent to an activating group) is 1. The summed E-state index contributed by atoms with van der Waals surface area (Å²) in [5.74, 6) is -0.762. The van der Waals surface area contributed by atoms with Gasteiger partial charge in [0.05, 0.1) is 0 Å². The quantitative estimate of drug-likeness (QED) is 0.501. The molecule has 0 radical (unpaired) electrons. The van der Waals surface area contributed by atoms with Gasteiger partial charge in [-0.05, 0) is 64.3 Å². The number of anilines is 1. The van der Waals surface area contributed by atoms with E-state index in [4.69, 9.17) is 4.74 Å². The van der Waals surface area contributed by atoms with Gasteiger partial charge < -0.3 is 20.3 Å². The summed E-state index contributed by atoms with van der Waals surface area (Å²) in [6.07, 6.45) is -0.721. The van der Waals surface area contributed by atoms with Gasteiger partial charge >= 0.3 is 6.09 Å². The highest BCUT2D eigenvalue weighted by molar-refractivity contribution is 7.80. The zero-order chi connectivity index (χ0) is 25.6. The molecule has 0 fully saturated rings. The van der Waals surface area contributed by atoms with Crippen molar-refractivity contribution in [3.05, 3.63) is 64.7 Å². The minimum Gasteiger partial charge on any atom is -0.444 e. The highest BCUT2D eigenvalue weighted by Crippen LogP contribution is 2.27. The Hall–Kier alpha value is -3.00. The zero-order valence-corrected chi connectivity index (χ0v) is 21.8. The van der Waals surface area contributed by atoms with Crippen molar-refractivity contribution in [2.24, 2.45) is 0 Å². The van der Waals surface area contributed by atoms with E-state index in [1.807, 2.05) is 63.2 Å². The maximum Gasteiger partial charge on any atom is 0.408 e. The predicted octanol–water partition coefficient (Wildman–Crippen LogP) is 4.57. The minimum atomic E-state index is -0.970. The molecule has 2 rings (SSSR count). The second kappa shape index (κ2) is 11.4. The van der Waals surface area contributed by atoms with Crippen molar-refractivity contribution >= 4 is 36.2 Å². The lowest BCUT2D eigenvalue weighted by Crippen LogP contribution is -2.52. The van der Waals surface area contributed by atoms with Crippen LogP contribution >= 0.6 is 12.6 Å². The van der Waals surface area contributed by atoms with Crippen molar-refractivity contribution < 1.29 is 19.1 Å². The number of benzene rings is 2. The molecule has 2 aromatic rings. The summed E-state index contributed by atoms with van der Waals surface area (Å²) in [5.41, 5.74) is 3.41. The number of alkyl carbamates (subject to hydrolysis) is 1. The molecule has 2 atom stereocenters. The largest absolute Gasteiger partial charge is 0.444 e. The highest BCUT2D eigenvalue weighted by atomic mass is 32.1. The van der Waals surface area contributed by atoms with Crippen LogP contribution in [0.15, 0.2) is 42.5 Å². The monoisotopic (exact) mass is 485 g/mol. The van der Waals surface area contributed by atoms with E-state index in [9.17, 15) is 14.4 Å². The first-order valence-electron chi connectivity index (χ1n) is 11.1. The van der Waals surface area contributed by atoms with Crippen LogP contribution in [-0.2, 0) is 14.3 Å². The molecule has 0 aromatic heterocycles. The number of hydrogen-bond acceptors (Lipinski definition) is 5. The molecule has 0 aliphatic rings. The van der Waals surface area contributed by atoms with Crippen LogP contribution in [0.3, 0.4) is 0 Å². The van der Waals surface area contributed by atoms with Gasteiger partial charge in [0.25, 0.3) is 5.91 Å². The molecule has 0 saturated heterocycles. The molecule has 0 aliphatic carbocycles. The summed E-state index contributed by atoms with van der Waals surface area (Å²) in [6, 6.07) is 11.3. The van der Waals surface area contributed by atoms with Crippen LogP contribution in [0.2, 0.25) is 0 Å². The van der Waals surface area contributed by atoms with Gasteiger partial charge in [-0.15, -0.1) is 0 Å². The summed E-state index contributed by atoms with van der Waals surface area (Å²) in [6.45, 7) is 10.9. The van der Waals surface area contributed by atoms with Gasteiger partial charge in [0.1, 0.15) is 17.7 Å². The fraction of sp³-hybridized carbons (Fsp3) is 0.423. The number of rotatable bonds is 7. The number of amides is 3. The molecule has 0 heterocycles. The second-order valence-electron chi connectivity index (χ2n) is 9.40. The Bertz CT molecular complexity index is 1050. The van der Waals surface area contributed by atoms with Crippen molar-refractivity contribution in [3.63, 3.8) is 0 Å². The first kappa shape index (κ1) is 27.2. The normalized spacial score (nSPS) is 12.9. The fourth-order valence-corrected chi connectivity index (χ4v) is 3.75. The van der Waals surface area contributed by atoms with Gasteiger partial charge in [0.2, 0.25) is 5.91 Å². The Labute approximate surface area is 207 Å². The summed E-state index contributed by atoms with van der Waals surface area (Å²) < 4.78 is 5.29. The van der Waals surface area contributed by atoms with E-state index >= 15 is 0 Å². The molecular weight excluding hydrogens is 450 g/mol. The van der Waals surface area contributed by atoms with E-state index in [-0.39, 0.29) is 11.7 Å². The minimum absolute atomic E-state index is 0.0430. The van der Waals surface area contributed by atoms with Crippen LogP contribution in [0.4, 0.5) is 10.5 Å². The third-order valence-corrected chi connectivity index (χ3v) is 5.65. The molecule has 2 N–H and O–H groups in total. The Morgan fingerprint density at radius 2 is 1.68 bits per heavy atom. The molecule has 0 bridgehead atoms. The fourth-order valence-electron chi connectivity index (χ4n) is 3.50. The zero-order valence-electron chi connectivity index (χ0n) is 20.9. The first-order valence-corrected chi connectivity index (χ1v) is 11.8. The number of carbonyl (C=O) groups excluding carboxylic acids is 3. The van der Waals surface area contributed by atoms with Crippen LogP contribution in [-0.4, -0.2) is 47.3 Å². The topological polar surface area (TPSA) is 87.7 Å². The Morgan fingerprint density at radius 1 is 1.03 bits per heavy atom. The SMILES string of the molecule is Cc1ccc(C)c(C(C(=O)Nc2ccccc2C)N(C)C(=O)C(CS)NC(=O)OC(C)(C)C)c1. The smallest absolute Gasteiger partial charge is 0.408 e. The van der Waals surface area contributed by atoms with Gasteiger partial charge in [-0.1, -0.05) is 42.0 Å². The third-order valence-electron chi connectivity index (χ3n) is 5.29. The summed E-state index contributed by atoms with van der Waals surface area (Å²) >= 11 is 4.26. The standard InChI is InChI=1S/C26H35N3O4S/c1-16-12-13-17(2)19(14-16)22(23(30)27-20-11-9-8-10-18(20)3)29(7)24(31)21(15-34)28-25(32)33-26(4,5)6/h8-14,21-22,34H,15H2,1-7H3,(H,27,30)(H,28,32). The van der Waals surface area contributed by atoms with Gasteiger partial charge in [-0.2, -0.15) is 12.6 Å². The van der Waals surface area contributed by atoms with E-state index < -0.39 is 29.7 Å². The number of carbonyl (C=O) groups is 3. The number of aryl methyl sites for hydroxylation is 3. The number of hydrogen-bond donors (Lipinski definition) is 3. The average Bonchev–Trinajstić information content (AvgIpc) is 2.74. The molecule has 7 nitrogen and oxygen atoms in total. The van der Waals surface area contributed by atoms with E-state index in [0.717, 1.165) is 16.7 Å². The molecule has 0 saturated carbocycles. The van der Waals surface area contributed by atoms with Crippen molar-refractivity contribution in [3.8, 4) is 0 Å². The Kier molecular flexibility index (Phi) is 9.15. The second-order valence-corrected chi connectivity index (χ2v) is 9.76. The number of nitrogens with zero attached hydrogens (tertiary/aromatic N) is 1. The number of ether oxygens (including phenoxy) is 1. The Balaban J connectivity index is 2.39. The van der Waals surface area contributed by atoms with Crippen LogP contribution in [0.5, 0.6) is 0 Å². The summed E-state index contributed by atoms with van der Waals surface area (Å²) in [5, 5.41) is 5.53. The molecule has 0 spiro atoms. The van der Waals surface area contributed by atoms with E-state index in [1.165, 1.54) is 4.90 Å². The van der Waals surface area contributed by atoms with E-state index in [0.29, 0.717) is 11.3 Å². The number of nitrogens with one attached hydrogen (secondary N) is 2. The van der Waals surface area contributed by atoms with Crippen LogP contribution in [0.1, 0.15) is 49.1 Å². The van der Waals surface area contributed by atoms with Crippen LogP contribution in [0, 0.1) is 20.8 Å². The lowest BCUT2D eigenvalue weighted by Gasteiger charge is -2.32. The van der Waals surface area contributed by atoms with Crippen LogP contribution in [0.25, 0.3) is 0 Å². The van der Waals surface area contributed by atoms with Crippen LogP contribution < -0.4 is 10.6 Å². The molecule has 3 amide bonds. The number of para-hydroxylation sites is 1. The van der Waals surface area contributed by atoms with Crippen molar-refractivity contribution in [1.82, 2.24) is 10.2 Å². The van der Waals surface area contributed by atoms with Crippen molar-refractivity contribution in [2.75, 3.05) is 18.1 Å². The summed E-state index contributed by atoms with van der Waals surface area (Å²) in [4.78, 5) is 40.6. The van der Waals surface area contributed by atoms with E-state index in [1.54, 1.807) is 27.8 Å². The first-order chi connectivity index (χ1) is 15.8. The molecule has 2 unspecified atom stereocenters. The Morgan fingerprint density at radius 3 is 2.26 bits per heavy atom. The molecule has 2 aromatic carbocycles. The van der Waals surface area contributed by atoms with Gasteiger partial charge in [0, 0.05) is 18.5 Å². The molecule has 184 valence electrons. The molecular formula is C26H35N3O4S. The average molecular weight is 486 g/mol. The predicted molar refractivity (Wildman–Crippen MR) is 138 cm³/mol. The maximum atomic E-state index is 13.6. The summed E-state index contributed by atoms with van der Waals surface area (Å²) in [7, 11) is 1.55. The third kappa shape index (κ3) is 7.25. The number of thiol groups is 1. The van der Waals surface area contributed by atoms with Crippen molar-refractivity contribution in [1.29, 1.82) is 0 Å². The highest BCUT2D eigenvalue weighted by Gasteiger charge is 2.34. The molecule has 0 aliphatic heterocycles. The van der Waals surface area contributed by atoms with Gasteiger partial charge in [-0.3, -0.25) is 9.59 Å². The van der Waals surface area contributed by atoms with Gasteiger partial charge in [0.15, 0.2) is 0 Å². The lowest BCUT2D eigenvalue weighted by atomic mass is 9.96. The maximum absolute atomic E-state index is 13.6. The van der Waals surface area contributed by atoms with Gasteiger partial charge in [-0.25, -0.2) is 4.79 Å². The molecule has 34 heavy (non-hydrogen) atoms. The lowest BCUT2D eigenvalue weighted by molar-refractivity contribution is -0.138. The molecule has 8 heteroatoms.